The first kappa shape index (κ1) is 16.3. The molecule has 1 amide bonds. The summed E-state index contributed by atoms with van der Waals surface area (Å²) in [6.07, 6.45) is 5.36. The Balaban J connectivity index is 1.72. The molecule has 0 aromatic carbocycles. The topological polar surface area (TPSA) is 58.6 Å². The average Bonchev–Trinajstić information content (AvgIpc) is 3.29. The maximum absolute atomic E-state index is 12.5. The van der Waals surface area contributed by atoms with Crippen molar-refractivity contribution in [1.82, 2.24) is 14.9 Å². The number of aromatic nitrogens is 2. The lowest BCUT2D eigenvalue weighted by atomic mass is 10.1. The van der Waals surface area contributed by atoms with Crippen molar-refractivity contribution in [2.24, 2.45) is 5.92 Å². The molecule has 6 nitrogen and oxygen atoms in total. The number of carbonyl (C=O) groups is 1. The van der Waals surface area contributed by atoms with Crippen molar-refractivity contribution in [3.63, 3.8) is 0 Å². The molecule has 1 aromatic heterocycles. The average molecular weight is 339 g/mol. The number of amides is 1. The van der Waals surface area contributed by atoms with Crippen LogP contribution in [0.5, 0.6) is 0 Å². The molecule has 1 atom stereocenters. The molecule has 2 fully saturated rings. The first-order chi connectivity index (χ1) is 10.8. The summed E-state index contributed by atoms with van der Waals surface area (Å²) in [5, 5.41) is 0.389. The normalized spacial score (nSPS) is 22.2. The summed E-state index contributed by atoms with van der Waals surface area (Å²) in [4.78, 5) is 25.0. The van der Waals surface area contributed by atoms with Gasteiger partial charge in [0.05, 0.1) is 18.4 Å². The highest BCUT2D eigenvalue weighted by Gasteiger charge is 2.42. The molecule has 0 N–H and O–H groups in total. The highest BCUT2D eigenvalue weighted by Crippen LogP contribution is 2.38. The molecular formula is C16H23ClN4O2. The van der Waals surface area contributed by atoms with Crippen LogP contribution in [-0.2, 0) is 4.74 Å². The fourth-order valence-corrected chi connectivity index (χ4v) is 3.08. The second-order valence-electron chi connectivity index (χ2n) is 7.22. The summed E-state index contributed by atoms with van der Waals surface area (Å²) in [5.74, 6) is 1.32. The van der Waals surface area contributed by atoms with E-state index in [0.717, 1.165) is 12.4 Å². The van der Waals surface area contributed by atoms with E-state index < -0.39 is 5.60 Å². The summed E-state index contributed by atoms with van der Waals surface area (Å²) in [6, 6.07) is 0.166. The van der Waals surface area contributed by atoms with Crippen LogP contribution in [0.2, 0.25) is 5.15 Å². The molecular weight excluding hydrogens is 316 g/mol. The largest absolute Gasteiger partial charge is 0.444 e. The number of carbonyl (C=O) groups excluding carboxylic acids is 1. The van der Waals surface area contributed by atoms with Gasteiger partial charge in [-0.05, 0) is 39.5 Å². The number of hydrogen-bond acceptors (Lipinski definition) is 5. The first-order valence-electron chi connectivity index (χ1n) is 8.05. The molecule has 1 aliphatic heterocycles. The molecule has 1 aliphatic carbocycles. The van der Waals surface area contributed by atoms with E-state index in [1.807, 2.05) is 25.7 Å². The minimum absolute atomic E-state index is 0.166. The monoisotopic (exact) mass is 338 g/mol. The highest BCUT2D eigenvalue weighted by atomic mass is 35.5. The lowest BCUT2D eigenvalue weighted by Crippen LogP contribution is -2.57. The second kappa shape index (κ2) is 6.15. The fraction of sp³-hybridized carbons (Fsp3) is 0.688. The fourth-order valence-electron chi connectivity index (χ4n) is 2.93. The van der Waals surface area contributed by atoms with Gasteiger partial charge in [-0.3, -0.25) is 4.98 Å². The van der Waals surface area contributed by atoms with Crippen LogP contribution in [0.1, 0.15) is 33.6 Å². The molecule has 0 unspecified atom stereocenters. The van der Waals surface area contributed by atoms with Gasteiger partial charge in [0.25, 0.3) is 0 Å². The number of halogens is 1. The smallest absolute Gasteiger partial charge is 0.410 e. The minimum Gasteiger partial charge on any atom is -0.444 e. The Morgan fingerprint density at radius 3 is 2.65 bits per heavy atom. The van der Waals surface area contributed by atoms with Crippen molar-refractivity contribution in [2.45, 2.75) is 45.3 Å². The molecule has 0 spiro atoms. The van der Waals surface area contributed by atoms with Crippen LogP contribution in [0.15, 0.2) is 12.4 Å². The first-order valence-corrected chi connectivity index (χ1v) is 8.43. The Kier molecular flexibility index (Phi) is 4.36. The van der Waals surface area contributed by atoms with Gasteiger partial charge in [-0.15, -0.1) is 0 Å². The minimum atomic E-state index is -0.471. The lowest BCUT2D eigenvalue weighted by molar-refractivity contribution is 0.0116. The molecule has 0 bridgehead atoms. The maximum atomic E-state index is 12.5. The number of piperazine rings is 1. The molecule has 1 saturated heterocycles. The second-order valence-corrected chi connectivity index (χ2v) is 7.61. The summed E-state index contributed by atoms with van der Waals surface area (Å²) in [7, 11) is 0. The quantitative estimate of drug-likeness (QED) is 0.829. The van der Waals surface area contributed by atoms with Gasteiger partial charge in [0.15, 0.2) is 0 Å². The van der Waals surface area contributed by atoms with E-state index in [2.05, 4.69) is 14.9 Å². The SMILES string of the molecule is CC(C)(C)OC(=O)N1CCN(c2cncc(Cl)n2)C[C@@H]1C1CC1. The zero-order chi connectivity index (χ0) is 16.6. The van der Waals surface area contributed by atoms with Gasteiger partial charge < -0.3 is 14.5 Å². The zero-order valence-corrected chi connectivity index (χ0v) is 14.6. The highest BCUT2D eigenvalue weighted by molar-refractivity contribution is 6.29. The van der Waals surface area contributed by atoms with Crippen LogP contribution in [0.25, 0.3) is 0 Å². The van der Waals surface area contributed by atoms with Crippen molar-refractivity contribution < 1.29 is 9.53 Å². The molecule has 1 saturated carbocycles. The van der Waals surface area contributed by atoms with Crippen molar-refractivity contribution in [3.05, 3.63) is 17.5 Å². The van der Waals surface area contributed by atoms with Gasteiger partial charge >= 0.3 is 6.09 Å². The molecule has 3 rings (SSSR count). The van der Waals surface area contributed by atoms with Crippen molar-refractivity contribution in [1.29, 1.82) is 0 Å². The Morgan fingerprint density at radius 2 is 2.04 bits per heavy atom. The van der Waals surface area contributed by atoms with Gasteiger partial charge in [-0.2, -0.15) is 0 Å². The predicted molar refractivity (Wildman–Crippen MR) is 88.7 cm³/mol. The Morgan fingerprint density at radius 1 is 1.30 bits per heavy atom. The summed E-state index contributed by atoms with van der Waals surface area (Å²) < 4.78 is 5.56. The van der Waals surface area contributed by atoms with Crippen LogP contribution in [-0.4, -0.2) is 52.2 Å². The number of ether oxygens (including phenoxy) is 1. The lowest BCUT2D eigenvalue weighted by Gasteiger charge is -2.42. The van der Waals surface area contributed by atoms with Crippen LogP contribution < -0.4 is 4.90 Å². The van der Waals surface area contributed by atoms with E-state index in [1.54, 1.807) is 6.20 Å². The maximum Gasteiger partial charge on any atom is 0.410 e. The van der Waals surface area contributed by atoms with Crippen molar-refractivity contribution >= 4 is 23.5 Å². The summed E-state index contributed by atoms with van der Waals surface area (Å²) in [6.45, 7) is 7.78. The van der Waals surface area contributed by atoms with Crippen molar-refractivity contribution in [3.8, 4) is 0 Å². The van der Waals surface area contributed by atoms with Gasteiger partial charge in [0, 0.05) is 19.6 Å². The summed E-state index contributed by atoms with van der Waals surface area (Å²) in [5.41, 5.74) is -0.471. The van der Waals surface area contributed by atoms with E-state index in [0.29, 0.717) is 24.2 Å². The van der Waals surface area contributed by atoms with E-state index in [9.17, 15) is 4.79 Å². The third kappa shape index (κ3) is 4.05. The van der Waals surface area contributed by atoms with Crippen LogP contribution in [0, 0.1) is 5.92 Å². The molecule has 2 heterocycles. The molecule has 2 aliphatic rings. The van der Waals surface area contributed by atoms with Gasteiger partial charge in [-0.25, -0.2) is 9.78 Å². The Hall–Kier alpha value is -1.56. The van der Waals surface area contributed by atoms with E-state index >= 15 is 0 Å². The molecule has 0 radical (unpaired) electrons. The van der Waals surface area contributed by atoms with Crippen LogP contribution in [0.3, 0.4) is 0 Å². The van der Waals surface area contributed by atoms with E-state index in [1.165, 1.54) is 19.0 Å². The number of anilines is 1. The standard InChI is InChI=1S/C16H23ClN4O2/c1-16(2,3)23-15(22)21-7-6-20(10-12(21)11-4-5-11)14-9-18-8-13(17)19-14/h8-9,11-12H,4-7,10H2,1-3H3/t12-/m1/s1. The third-order valence-electron chi connectivity index (χ3n) is 4.13. The number of rotatable bonds is 2. The molecule has 126 valence electrons. The van der Waals surface area contributed by atoms with Gasteiger partial charge in [0.2, 0.25) is 0 Å². The van der Waals surface area contributed by atoms with Gasteiger partial charge in [0.1, 0.15) is 16.6 Å². The number of nitrogens with zero attached hydrogens (tertiary/aromatic N) is 4. The Bertz CT molecular complexity index is 586. The van der Waals surface area contributed by atoms with Crippen LogP contribution in [0.4, 0.5) is 10.6 Å². The Labute approximate surface area is 141 Å². The zero-order valence-electron chi connectivity index (χ0n) is 13.8. The van der Waals surface area contributed by atoms with E-state index in [4.69, 9.17) is 16.3 Å². The molecule has 1 aromatic rings. The summed E-state index contributed by atoms with van der Waals surface area (Å²) >= 11 is 5.94. The third-order valence-corrected chi connectivity index (χ3v) is 4.31. The van der Waals surface area contributed by atoms with Crippen LogP contribution >= 0.6 is 11.6 Å². The van der Waals surface area contributed by atoms with Gasteiger partial charge in [-0.1, -0.05) is 11.6 Å². The van der Waals surface area contributed by atoms with E-state index in [-0.39, 0.29) is 12.1 Å². The number of hydrogen-bond donors (Lipinski definition) is 0. The predicted octanol–water partition coefficient (Wildman–Crippen LogP) is 2.97. The van der Waals surface area contributed by atoms with Crippen molar-refractivity contribution in [2.75, 3.05) is 24.5 Å². The molecule has 7 heteroatoms. The molecule has 23 heavy (non-hydrogen) atoms.